The number of aryl methyl sites for hydroxylation is 1. The molecule has 0 radical (unpaired) electrons. The van der Waals surface area contributed by atoms with Crippen molar-refractivity contribution in [3.63, 3.8) is 0 Å². The Morgan fingerprint density at radius 3 is 2.94 bits per heavy atom. The molecular formula is C12H17N3O2. The molecule has 0 amide bonds. The molecule has 1 atom stereocenters. The Kier molecular flexibility index (Phi) is 3.58. The molecule has 0 aliphatic heterocycles. The molecule has 0 bridgehead atoms. The average Bonchev–Trinajstić information content (AvgIpc) is 2.95. The number of nitrogens with zero attached hydrogens (tertiary/aromatic N) is 2. The van der Waals surface area contributed by atoms with E-state index in [0.717, 1.165) is 24.2 Å². The lowest BCUT2D eigenvalue weighted by molar-refractivity contribution is 0.417. The number of furan rings is 1. The summed E-state index contributed by atoms with van der Waals surface area (Å²) in [6.45, 7) is 4.06. The third-order valence-electron chi connectivity index (χ3n) is 2.73. The van der Waals surface area contributed by atoms with E-state index >= 15 is 0 Å². The first-order chi connectivity index (χ1) is 8.24. The summed E-state index contributed by atoms with van der Waals surface area (Å²) in [7, 11) is 0. The molecular weight excluding hydrogens is 218 g/mol. The largest absolute Gasteiger partial charge is 0.469 e. The van der Waals surface area contributed by atoms with Crippen molar-refractivity contribution < 1.29 is 8.94 Å². The van der Waals surface area contributed by atoms with Crippen LogP contribution in [0.25, 0.3) is 11.5 Å². The Labute approximate surface area is 100.0 Å². The summed E-state index contributed by atoms with van der Waals surface area (Å²) in [4.78, 5) is 4.33. The number of rotatable bonds is 5. The molecule has 5 nitrogen and oxygen atoms in total. The van der Waals surface area contributed by atoms with E-state index < -0.39 is 0 Å². The van der Waals surface area contributed by atoms with Crippen molar-refractivity contribution >= 4 is 0 Å². The molecule has 0 aliphatic carbocycles. The van der Waals surface area contributed by atoms with Crippen molar-refractivity contribution in [1.29, 1.82) is 0 Å². The molecule has 92 valence electrons. The maximum Gasteiger partial charge on any atom is 0.261 e. The lowest BCUT2D eigenvalue weighted by Crippen LogP contribution is -2.21. The minimum absolute atomic E-state index is 0.0791. The van der Waals surface area contributed by atoms with E-state index in [-0.39, 0.29) is 6.04 Å². The van der Waals surface area contributed by atoms with Crippen LogP contribution in [0.15, 0.2) is 21.3 Å². The highest BCUT2D eigenvalue weighted by Crippen LogP contribution is 2.23. The fraction of sp³-hybridized carbons (Fsp3) is 0.500. The van der Waals surface area contributed by atoms with E-state index in [0.29, 0.717) is 18.1 Å². The third kappa shape index (κ3) is 2.55. The van der Waals surface area contributed by atoms with E-state index in [9.17, 15) is 0 Å². The van der Waals surface area contributed by atoms with Gasteiger partial charge >= 0.3 is 0 Å². The first kappa shape index (κ1) is 11.9. The van der Waals surface area contributed by atoms with E-state index in [1.54, 1.807) is 6.26 Å². The summed E-state index contributed by atoms with van der Waals surface area (Å²) in [5.74, 6) is 2.02. The molecule has 0 saturated heterocycles. The van der Waals surface area contributed by atoms with Crippen molar-refractivity contribution in [3.8, 4) is 11.5 Å². The van der Waals surface area contributed by atoms with Crippen LogP contribution in [-0.4, -0.2) is 16.2 Å². The van der Waals surface area contributed by atoms with Crippen LogP contribution in [0.2, 0.25) is 0 Å². The fourth-order valence-electron chi connectivity index (χ4n) is 1.63. The standard InChI is InChI=1S/C12H17N3O2/c1-3-8(13)7-11-14-12(17-15-11)9-5-6-16-10(9)4-2/h5-6,8H,3-4,7,13H2,1-2H3. The van der Waals surface area contributed by atoms with Gasteiger partial charge in [-0.05, 0) is 12.5 Å². The molecule has 1 unspecified atom stereocenters. The molecule has 0 aromatic carbocycles. The third-order valence-corrected chi connectivity index (χ3v) is 2.73. The molecule has 5 heteroatoms. The minimum Gasteiger partial charge on any atom is -0.469 e. The molecule has 2 aromatic heterocycles. The highest BCUT2D eigenvalue weighted by molar-refractivity contribution is 5.55. The van der Waals surface area contributed by atoms with E-state index in [2.05, 4.69) is 10.1 Å². The lowest BCUT2D eigenvalue weighted by Gasteiger charge is -2.02. The summed E-state index contributed by atoms with van der Waals surface area (Å²) in [6.07, 6.45) is 3.97. The number of aromatic nitrogens is 2. The normalized spacial score (nSPS) is 12.9. The summed E-state index contributed by atoms with van der Waals surface area (Å²) < 4.78 is 10.5. The number of nitrogens with two attached hydrogens (primary N) is 1. The van der Waals surface area contributed by atoms with Gasteiger partial charge in [-0.3, -0.25) is 0 Å². The van der Waals surface area contributed by atoms with Crippen molar-refractivity contribution in [2.45, 2.75) is 39.2 Å². The summed E-state index contributed by atoms with van der Waals surface area (Å²) in [5.41, 5.74) is 6.72. The first-order valence-corrected chi connectivity index (χ1v) is 5.89. The Bertz CT molecular complexity index is 476. The first-order valence-electron chi connectivity index (χ1n) is 5.89. The highest BCUT2D eigenvalue weighted by atomic mass is 16.5. The molecule has 0 aliphatic rings. The smallest absolute Gasteiger partial charge is 0.261 e. The van der Waals surface area contributed by atoms with Gasteiger partial charge in [0.1, 0.15) is 5.76 Å². The van der Waals surface area contributed by atoms with Gasteiger partial charge in [0.25, 0.3) is 5.89 Å². The van der Waals surface area contributed by atoms with Crippen LogP contribution in [0.3, 0.4) is 0 Å². The minimum atomic E-state index is 0.0791. The Morgan fingerprint density at radius 1 is 1.41 bits per heavy atom. The molecule has 0 saturated carbocycles. The molecule has 2 heterocycles. The van der Waals surface area contributed by atoms with Gasteiger partial charge in [-0.2, -0.15) is 4.98 Å². The quantitative estimate of drug-likeness (QED) is 0.859. The van der Waals surface area contributed by atoms with Crippen LogP contribution in [0.4, 0.5) is 0 Å². The van der Waals surface area contributed by atoms with Crippen LogP contribution in [0, 0.1) is 0 Å². The zero-order chi connectivity index (χ0) is 12.3. The number of hydrogen-bond acceptors (Lipinski definition) is 5. The predicted octanol–water partition coefficient (Wildman–Crippen LogP) is 2.17. The Hall–Kier alpha value is -1.62. The van der Waals surface area contributed by atoms with Gasteiger partial charge in [0.2, 0.25) is 0 Å². The fourth-order valence-corrected chi connectivity index (χ4v) is 1.63. The molecule has 2 rings (SSSR count). The monoisotopic (exact) mass is 235 g/mol. The highest BCUT2D eigenvalue weighted by Gasteiger charge is 2.15. The summed E-state index contributed by atoms with van der Waals surface area (Å²) in [5, 5.41) is 3.93. The van der Waals surface area contributed by atoms with Crippen molar-refractivity contribution in [1.82, 2.24) is 10.1 Å². The van der Waals surface area contributed by atoms with E-state index in [1.807, 2.05) is 19.9 Å². The van der Waals surface area contributed by atoms with Crippen LogP contribution in [0.5, 0.6) is 0 Å². The van der Waals surface area contributed by atoms with Crippen molar-refractivity contribution in [2.75, 3.05) is 0 Å². The van der Waals surface area contributed by atoms with E-state index in [1.165, 1.54) is 0 Å². The van der Waals surface area contributed by atoms with Crippen molar-refractivity contribution in [3.05, 3.63) is 23.9 Å². The van der Waals surface area contributed by atoms with Gasteiger partial charge in [0.05, 0.1) is 11.8 Å². The van der Waals surface area contributed by atoms with Crippen LogP contribution in [-0.2, 0) is 12.8 Å². The maximum absolute atomic E-state index is 5.85. The summed E-state index contributed by atoms with van der Waals surface area (Å²) >= 11 is 0. The number of hydrogen-bond donors (Lipinski definition) is 1. The van der Waals surface area contributed by atoms with Gasteiger partial charge in [-0.15, -0.1) is 0 Å². The molecule has 0 fully saturated rings. The molecule has 2 aromatic rings. The second kappa shape index (κ2) is 5.14. The van der Waals surface area contributed by atoms with E-state index in [4.69, 9.17) is 14.7 Å². The topological polar surface area (TPSA) is 78.1 Å². The van der Waals surface area contributed by atoms with Gasteiger partial charge in [0, 0.05) is 18.9 Å². The van der Waals surface area contributed by atoms with Crippen LogP contribution < -0.4 is 5.73 Å². The lowest BCUT2D eigenvalue weighted by atomic mass is 10.1. The molecule has 17 heavy (non-hydrogen) atoms. The SMILES string of the molecule is CCc1occc1-c1nc(CC(N)CC)no1. The second-order valence-corrected chi connectivity index (χ2v) is 4.00. The Balaban J connectivity index is 2.18. The van der Waals surface area contributed by atoms with Gasteiger partial charge in [-0.25, -0.2) is 0 Å². The zero-order valence-electron chi connectivity index (χ0n) is 10.1. The van der Waals surface area contributed by atoms with Gasteiger partial charge in [-0.1, -0.05) is 19.0 Å². The predicted molar refractivity (Wildman–Crippen MR) is 63.3 cm³/mol. The Morgan fingerprint density at radius 2 is 2.24 bits per heavy atom. The van der Waals surface area contributed by atoms with Gasteiger partial charge in [0.15, 0.2) is 5.82 Å². The second-order valence-electron chi connectivity index (χ2n) is 4.00. The van der Waals surface area contributed by atoms with Crippen molar-refractivity contribution in [2.24, 2.45) is 5.73 Å². The molecule has 0 spiro atoms. The molecule has 2 N–H and O–H groups in total. The summed E-state index contributed by atoms with van der Waals surface area (Å²) in [6, 6.07) is 1.92. The average molecular weight is 235 g/mol. The maximum atomic E-state index is 5.85. The van der Waals surface area contributed by atoms with Gasteiger partial charge < -0.3 is 14.7 Å². The van der Waals surface area contributed by atoms with Crippen LogP contribution in [0.1, 0.15) is 31.9 Å². The zero-order valence-corrected chi connectivity index (χ0v) is 10.1. The van der Waals surface area contributed by atoms with Crippen LogP contribution >= 0.6 is 0 Å².